The van der Waals surface area contributed by atoms with Crippen LogP contribution >= 0.6 is 0 Å². The molecule has 0 unspecified atom stereocenters. The summed E-state index contributed by atoms with van der Waals surface area (Å²) in [5.74, 6) is 0.872. The van der Waals surface area contributed by atoms with E-state index in [0.717, 1.165) is 37.3 Å². The average Bonchev–Trinajstić information content (AvgIpc) is 3.01. The van der Waals surface area contributed by atoms with Crippen LogP contribution in [0.1, 0.15) is 94.3 Å². The van der Waals surface area contributed by atoms with Gasteiger partial charge in [0, 0.05) is 43.5 Å². The quantitative estimate of drug-likeness (QED) is 0.665. The van der Waals surface area contributed by atoms with Crippen LogP contribution < -0.4 is 0 Å². The van der Waals surface area contributed by atoms with Crippen LogP contribution in [0.3, 0.4) is 0 Å². The molecule has 3 rings (SSSR count). The summed E-state index contributed by atoms with van der Waals surface area (Å²) >= 11 is 0. The molecule has 1 saturated heterocycles. The highest BCUT2D eigenvalue weighted by molar-refractivity contribution is 5.21. The van der Waals surface area contributed by atoms with Gasteiger partial charge in [0.15, 0.2) is 0 Å². The number of hydrogen-bond donors (Lipinski definition) is 0. The van der Waals surface area contributed by atoms with Crippen LogP contribution in [0.4, 0.5) is 0 Å². The lowest BCUT2D eigenvalue weighted by Crippen LogP contribution is -2.45. The van der Waals surface area contributed by atoms with E-state index in [-0.39, 0.29) is 0 Å². The Morgan fingerprint density at radius 2 is 1.78 bits per heavy atom. The summed E-state index contributed by atoms with van der Waals surface area (Å²) in [6.07, 6.45) is 13.7. The minimum atomic E-state index is 0.357. The number of piperidine rings is 1. The molecular weight excluding hydrogens is 334 g/mol. The molecule has 2 heterocycles. The number of aryl methyl sites for hydroxylation is 1. The smallest absolute Gasteiger partial charge is 0.232 e. The fourth-order valence-corrected chi connectivity index (χ4v) is 4.58. The molecule has 1 aliphatic heterocycles. The first-order chi connectivity index (χ1) is 13.3. The lowest BCUT2D eigenvalue weighted by molar-refractivity contribution is -0.0358. The number of hydrogen-bond acceptors (Lipinski definition) is 5. The first-order valence-corrected chi connectivity index (χ1v) is 11.1. The highest BCUT2D eigenvalue weighted by atomic mass is 15.6. The van der Waals surface area contributed by atoms with Gasteiger partial charge in [0.1, 0.15) is 6.07 Å². The van der Waals surface area contributed by atoms with Crippen molar-refractivity contribution >= 4 is 0 Å². The standard InChI is InChI=1S/C22H35N5/c1-2-26(27-14-8-5-9-15-27)16-10-13-20-17-21(25-22(18-23)24-20)19-11-6-3-4-7-12-19/h17,19H,2-16H2,1H3. The number of rotatable bonds is 7. The molecule has 1 saturated carbocycles. The Labute approximate surface area is 164 Å². The van der Waals surface area contributed by atoms with Crippen molar-refractivity contribution in [3.8, 4) is 6.07 Å². The van der Waals surface area contributed by atoms with Crippen molar-refractivity contribution in [3.05, 3.63) is 23.3 Å². The van der Waals surface area contributed by atoms with E-state index < -0.39 is 0 Å². The van der Waals surface area contributed by atoms with E-state index in [2.05, 4.69) is 39.0 Å². The second-order valence-corrected chi connectivity index (χ2v) is 8.07. The molecule has 2 fully saturated rings. The summed E-state index contributed by atoms with van der Waals surface area (Å²) in [5.41, 5.74) is 2.16. The maximum Gasteiger partial charge on any atom is 0.232 e. The molecule has 0 spiro atoms. The molecule has 0 bridgehead atoms. The molecule has 1 aliphatic carbocycles. The minimum Gasteiger partial charge on any atom is -0.242 e. The van der Waals surface area contributed by atoms with Gasteiger partial charge < -0.3 is 0 Å². The number of aromatic nitrogens is 2. The third-order valence-corrected chi connectivity index (χ3v) is 6.12. The molecule has 1 aromatic rings. The van der Waals surface area contributed by atoms with E-state index in [4.69, 9.17) is 0 Å². The van der Waals surface area contributed by atoms with Gasteiger partial charge in [-0.2, -0.15) is 5.26 Å². The van der Waals surface area contributed by atoms with Gasteiger partial charge >= 0.3 is 0 Å². The molecular formula is C22H35N5. The van der Waals surface area contributed by atoms with Crippen molar-refractivity contribution in [2.75, 3.05) is 26.2 Å². The lowest BCUT2D eigenvalue weighted by Gasteiger charge is -2.36. The Balaban J connectivity index is 1.60. The van der Waals surface area contributed by atoms with Gasteiger partial charge in [0.25, 0.3) is 0 Å². The Kier molecular flexibility index (Phi) is 8.04. The van der Waals surface area contributed by atoms with E-state index in [1.165, 1.54) is 70.9 Å². The van der Waals surface area contributed by atoms with E-state index in [9.17, 15) is 5.26 Å². The van der Waals surface area contributed by atoms with Crippen LogP contribution in [0.2, 0.25) is 0 Å². The normalized spacial score (nSPS) is 19.7. The van der Waals surface area contributed by atoms with Crippen LogP contribution in [-0.4, -0.2) is 46.2 Å². The number of hydrazine groups is 1. The summed E-state index contributed by atoms with van der Waals surface area (Å²) in [6.45, 7) is 6.79. The van der Waals surface area contributed by atoms with Crippen molar-refractivity contribution in [1.29, 1.82) is 5.26 Å². The van der Waals surface area contributed by atoms with Crippen molar-refractivity contribution in [3.63, 3.8) is 0 Å². The second kappa shape index (κ2) is 10.7. The van der Waals surface area contributed by atoms with Gasteiger partial charge in [-0.3, -0.25) is 0 Å². The van der Waals surface area contributed by atoms with Crippen LogP contribution in [0.5, 0.6) is 0 Å². The predicted octanol–water partition coefficient (Wildman–Crippen LogP) is 4.44. The fourth-order valence-electron chi connectivity index (χ4n) is 4.58. The molecule has 0 N–H and O–H groups in total. The second-order valence-electron chi connectivity index (χ2n) is 8.07. The van der Waals surface area contributed by atoms with E-state index in [1.54, 1.807) is 0 Å². The number of nitriles is 1. The van der Waals surface area contributed by atoms with Crippen molar-refractivity contribution in [2.45, 2.75) is 83.5 Å². The first-order valence-electron chi connectivity index (χ1n) is 11.1. The van der Waals surface area contributed by atoms with Crippen molar-refractivity contribution in [1.82, 2.24) is 20.0 Å². The highest BCUT2D eigenvalue weighted by Gasteiger charge is 2.19. The van der Waals surface area contributed by atoms with E-state index in [1.807, 2.05) is 0 Å². The van der Waals surface area contributed by atoms with Gasteiger partial charge in [0.05, 0.1) is 0 Å². The molecule has 2 aliphatic rings. The first kappa shape index (κ1) is 20.2. The molecule has 1 aromatic heterocycles. The Morgan fingerprint density at radius 1 is 1.07 bits per heavy atom. The molecule has 0 aromatic carbocycles. The zero-order valence-electron chi connectivity index (χ0n) is 17.0. The van der Waals surface area contributed by atoms with E-state index >= 15 is 0 Å². The molecule has 27 heavy (non-hydrogen) atoms. The summed E-state index contributed by atoms with van der Waals surface area (Å²) in [7, 11) is 0. The van der Waals surface area contributed by atoms with Crippen molar-refractivity contribution < 1.29 is 0 Å². The van der Waals surface area contributed by atoms with Crippen molar-refractivity contribution in [2.24, 2.45) is 0 Å². The lowest BCUT2D eigenvalue weighted by atomic mass is 9.95. The molecule has 0 atom stereocenters. The Bertz CT molecular complexity index is 610. The fraction of sp³-hybridized carbons (Fsp3) is 0.773. The SMILES string of the molecule is CCN(CCCc1cc(C2CCCCCC2)nc(C#N)n1)N1CCCCC1. The van der Waals surface area contributed by atoms with Crippen LogP contribution in [0.25, 0.3) is 0 Å². The van der Waals surface area contributed by atoms with Gasteiger partial charge in [-0.25, -0.2) is 20.0 Å². The Morgan fingerprint density at radius 3 is 2.44 bits per heavy atom. The molecule has 0 amide bonds. The summed E-state index contributed by atoms with van der Waals surface area (Å²) in [4.78, 5) is 9.06. The maximum atomic E-state index is 9.37. The zero-order valence-corrected chi connectivity index (χ0v) is 17.0. The largest absolute Gasteiger partial charge is 0.242 e. The average molecular weight is 370 g/mol. The summed E-state index contributed by atoms with van der Waals surface area (Å²) in [5, 5.41) is 14.4. The summed E-state index contributed by atoms with van der Waals surface area (Å²) < 4.78 is 0. The highest BCUT2D eigenvalue weighted by Crippen LogP contribution is 2.30. The van der Waals surface area contributed by atoms with Gasteiger partial charge in [-0.05, 0) is 44.6 Å². The monoisotopic (exact) mass is 369 g/mol. The predicted molar refractivity (Wildman–Crippen MR) is 108 cm³/mol. The van der Waals surface area contributed by atoms with Gasteiger partial charge in [-0.1, -0.05) is 39.0 Å². The summed E-state index contributed by atoms with van der Waals surface area (Å²) in [6, 6.07) is 4.37. The third-order valence-electron chi connectivity index (χ3n) is 6.12. The molecule has 5 heteroatoms. The van der Waals surface area contributed by atoms with Crippen LogP contribution in [0.15, 0.2) is 6.07 Å². The topological polar surface area (TPSA) is 56.1 Å². The van der Waals surface area contributed by atoms with E-state index in [0.29, 0.717) is 11.7 Å². The van der Waals surface area contributed by atoms with Gasteiger partial charge in [-0.15, -0.1) is 0 Å². The van der Waals surface area contributed by atoms with Gasteiger partial charge in [0.2, 0.25) is 5.82 Å². The maximum absolute atomic E-state index is 9.37. The number of nitrogens with zero attached hydrogens (tertiary/aromatic N) is 5. The molecule has 0 radical (unpaired) electrons. The Hall–Kier alpha value is -1.51. The minimum absolute atomic E-state index is 0.357. The van der Waals surface area contributed by atoms with Crippen LogP contribution in [-0.2, 0) is 6.42 Å². The molecule has 148 valence electrons. The third kappa shape index (κ3) is 5.99. The zero-order chi connectivity index (χ0) is 18.9. The molecule has 5 nitrogen and oxygen atoms in total. The van der Waals surface area contributed by atoms with Crippen LogP contribution in [0, 0.1) is 11.3 Å².